The molecule has 0 saturated carbocycles. The maximum Gasteiger partial charge on any atom is 0.166 e. The fourth-order valence-corrected chi connectivity index (χ4v) is 3.93. The van der Waals surface area contributed by atoms with E-state index in [-0.39, 0.29) is 0 Å². The molecule has 0 fully saturated rings. The van der Waals surface area contributed by atoms with Crippen LogP contribution in [0.4, 0.5) is 5.69 Å². The van der Waals surface area contributed by atoms with Crippen LogP contribution in [-0.4, -0.2) is 40.9 Å². The Kier molecular flexibility index (Phi) is 8.51. The number of rotatable bonds is 12. The molecule has 0 heterocycles. The van der Waals surface area contributed by atoms with Crippen LogP contribution in [-0.2, 0) is 13.0 Å². The van der Waals surface area contributed by atoms with Gasteiger partial charge in [-0.15, -0.1) is 0 Å². The third-order valence-electron chi connectivity index (χ3n) is 5.90. The fraction of sp³-hybridized carbons (Fsp3) is 0.333. The van der Waals surface area contributed by atoms with Crippen LogP contribution in [0.25, 0.3) is 0 Å². The summed E-state index contributed by atoms with van der Waals surface area (Å²) in [4.78, 5) is 0. The van der Waals surface area contributed by atoms with E-state index in [1.54, 1.807) is 14.2 Å². The standard InChI is InChI=1S/C27H35N2O2/c1-29(20-17-23-11-6-4-7-12-23,25-15-16-26(30-2)27(21-25)31-3)19-10-18-28-22-24-13-8-5-9-14-24/h4-9,11-16,21,28H,10,17-20,22H2,1-3H3/q+1. The maximum absolute atomic E-state index is 5.58. The smallest absolute Gasteiger partial charge is 0.166 e. The zero-order chi connectivity index (χ0) is 21.9. The lowest BCUT2D eigenvalue weighted by Gasteiger charge is -2.35. The topological polar surface area (TPSA) is 30.5 Å². The summed E-state index contributed by atoms with van der Waals surface area (Å²) in [6.07, 6.45) is 2.12. The lowest BCUT2D eigenvalue weighted by Crippen LogP contribution is -2.48. The number of hydrogen-bond acceptors (Lipinski definition) is 3. The minimum atomic E-state index is 0.769. The number of ether oxygens (including phenoxy) is 2. The number of likely N-dealkylation sites (N-methyl/N-ethyl adjacent to an activating group) is 1. The molecule has 0 aliphatic carbocycles. The minimum Gasteiger partial charge on any atom is -0.493 e. The highest BCUT2D eigenvalue weighted by atomic mass is 16.5. The first-order valence-corrected chi connectivity index (χ1v) is 11.0. The molecule has 3 aromatic rings. The van der Waals surface area contributed by atoms with Gasteiger partial charge in [0.15, 0.2) is 11.5 Å². The molecule has 31 heavy (non-hydrogen) atoms. The molecule has 0 amide bonds. The molecular formula is C27H35N2O2+. The molecule has 4 nitrogen and oxygen atoms in total. The number of hydrogen-bond donors (Lipinski definition) is 1. The van der Waals surface area contributed by atoms with Gasteiger partial charge in [0, 0.05) is 38.1 Å². The third kappa shape index (κ3) is 6.58. The molecule has 0 bridgehead atoms. The molecule has 4 heteroatoms. The van der Waals surface area contributed by atoms with Crippen LogP contribution in [0.15, 0.2) is 78.9 Å². The summed E-state index contributed by atoms with van der Waals surface area (Å²) >= 11 is 0. The summed E-state index contributed by atoms with van der Waals surface area (Å²) in [6, 6.07) is 27.6. The summed E-state index contributed by atoms with van der Waals surface area (Å²) in [6.45, 7) is 3.97. The molecule has 0 aliphatic heterocycles. The molecule has 1 atom stereocenters. The van der Waals surface area contributed by atoms with Crippen LogP contribution < -0.4 is 19.3 Å². The largest absolute Gasteiger partial charge is 0.493 e. The summed E-state index contributed by atoms with van der Waals surface area (Å²) in [5, 5.41) is 3.59. The van der Waals surface area contributed by atoms with E-state index in [0.717, 1.165) is 55.0 Å². The van der Waals surface area contributed by atoms with Crippen molar-refractivity contribution in [3.63, 3.8) is 0 Å². The summed E-state index contributed by atoms with van der Waals surface area (Å²) in [5.74, 6) is 1.55. The lowest BCUT2D eigenvalue weighted by atomic mass is 10.1. The van der Waals surface area contributed by atoms with E-state index < -0.39 is 0 Å². The Bertz CT molecular complexity index is 915. The van der Waals surface area contributed by atoms with E-state index in [1.807, 2.05) is 6.07 Å². The number of nitrogens with one attached hydrogen (secondary N) is 1. The van der Waals surface area contributed by atoms with Crippen LogP contribution in [0.3, 0.4) is 0 Å². The van der Waals surface area contributed by atoms with Gasteiger partial charge in [-0.1, -0.05) is 60.7 Å². The molecule has 164 valence electrons. The zero-order valence-corrected chi connectivity index (χ0v) is 19.0. The van der Waals surface area contributed by atoms with Crippen LogP contribution in [0.5, 0.6) is 11.5 Å². The molecule has 0 aromatic heterocycles. The second-order valence-corrected chi connectivity index (χ2v) is 8.13. The normalized spacial score (nSPS) is 12.9. The van der Waals surface area contributed by atoms with Crippen molar-refractivity contribution in [3.8, 4) is 11.5 Å². The third-order valence-corrected chi connectivity index (χ3v) is 5.90. The van der Waals surface area contributed by atoms with Crippen LogP contribution in [0.2, 0.25) is 0 Å². The second kappa shape index (κ2) is 11.5. The van der Waals surface area contributed by atoms with Crippen LogP contribution in [0.1, 0.15) is 17.5 Å². The van der Waals surface area contributed by atoms with E-state index in [0.29, 0.717) is 0 Å². The average Bonchev–Trinajstić information content (AvgIpc) is 2.83. The number of benzene rings is 3. The molecule has 0 saturated heterocycles. The Hall–Kier alpha value is -2.82. The van der Waals surface area contributed by atoms with Crippen molar-refractivity contribution < 1.29 is 9.47 Å². The second-order valence-electron chi connectivity index (χ2n) is 8.13. The van der Waals surface area contributed by atoms with Gasteiger partial charge < -0.3 is 14.8 Å². The molecule has 1 unspecified atom stereocenters. The number of nitrogens with zero attached hydrogens (tertiary/aromatic N) is 1. The zero-order valence-electron chi connectivity index (χ0n) is 19.0. The Morgan fingerprint density at radius 3 is 2.03 bits per heavy atom. The van der Waals surface area contributed by atoms with E-state index in [4.69, 9.17) is 9.47 Å². The van der Waals surface area contributed by atoms with Crippen LogP contribution >= 0.6 is 0 Å². The average molecular weight is 420 g/mol. The first-order valence-electron chi connectivity index (χ1n) is 11.0. The van der Waals surface area contributed by atoms with Crippen molar-refractivity contribution >= 4 is 5.69 Å². The Labute approximate surface area is 187 Å². The highest BCUT2D eigenvalue weighted by Gasteiger charge is 2.26. The van der Waals surface area contributed by atoms with Crippen molar-refractivity contribution in [2.75, 3.05) is 40.9 Å². The molecule has 0 spiro atoms. The monoisotopic (exact) mass is 419 g/mol. The predicted octanol–water partition coefficient (Wildman–Crippen LogP) is 5.06. The number of quaternary nitrogens is 1. The van der Waals surface area contributed by atoms with Gasteiger partial charge in [0.2, 0.25) is 0 Å². The molecular weight excluding hydrogens is 384 g/mol. The SMILES string of the molecule is COc1ccc([N+](C)(CCCNCc2ccccc2)CCc2ccccc2)cc1OC. The maximum atomic E-state index is 5.58. The Morgan fingerprint density at radius 1 is 0.742 bits per heavy atom. The van der Waals surface area contributed by atoms with Gasteiger partial charge in [-0.3, -0.25) is 4.48 Å². The van der Waals surface area contributed by atoms with Crippen LogP contribution in [0, 0.1) is 0 Å². The fourth-order valence-electron chi connectivity index (χ4n) is 3.93. The van der Waals surface area contributed by atoms with E-state index in [9.17, 15) is 0 Å². The highest BCUT2D eigenvalue weighted by molar-refractivity contribution is 5.54. The van der Waals surface area contributed by atoms with Crippen molar-refractivity contribution in [1.82, 2.24) is 9.80 Å². The quantitative estimate of drug-likeness (QED) is 0.329. The van der Waals surface area contributed by atoms with E-state index in [1.165, 1.54) is 16.8 Å². The van der Waals surface area contributed by atoms with Gasteiger partial charge in [-0.2, -0.15) is 0 Å². The van der Waals surface area contributed by atoms with Crippen molar-refractivity contribution in [2.24, 2.45) is 0 Å². The van der Waals surface area contributed by atoms with Crippen molar-refractivity contribution in [3.05, 3.63) is 90.0 Å². The van der Waals surface area contributed by atoms with Gasteiger partial charge in [-0.05, 0) is 17.2 Å². The summed E-state index contributed by atoms with van der Waals surface area (Å²) in [5.41, 5.74) is 3.94. The Balaban J connectivity index is 1.67. The van der Waals surface area contributed by atoms with Crippen molar-refractivity contribution in [1.29, 1.82) is 0 Å². The molecule has 3 rings (SSSR count). The van der Waals surface area contributed by atoms with E-state index >= 15 is 0 Å². The number of methoxy groups -OCH3 is 2. The predicted molar refractivity (Wildman–Crippen MR) is 130 cm³/mol. The first kappa shape index (κ1) is 22.9. The molecule has 3 aromatic carbocycles. The summed E-state index contributed by atoms with van der Waals surface area (Å²) < 4.78 is 11.9. The minimum absolute atomic E-state index is 0.769. The highest BCUT2D eigenvalue weighted by Crippen LogP contribution is 2.34. The van der Waals surface area contributed by atoms with Gasteiger partial charge in [0.1, 0.15) is 5.69 Å². The Morgan fingerprint density at radius 2 is 1.39 bits per heavy atom. The van der Waals surface area contributed by atoms with Gasteiger partial charge in [0.25, 0.3) is 0 Å². The first-order chi connectivity index (χ1) is 15.1. The van der Waals surface area contributed by atoms with Gasteiger partial charge >= 0.3 is 0 Å². The molecule has 1 N–H and O–H groups in total. The van der Waals surface area contributed by atoms with Crippen molar-refractivity contribution in [2.45, 2.75) is 19.4 Å². The van der Waals surface area contributed by atoms with E-state index in [2.05, 4.69) is 85.2 Å². The van der Waals surface area contributed by atoms with Gasteiger partial charge in [0.05, 0.1) is 34.4 Å². The molecule has 0 radical (unpaired) electrons. The summed E-state index contributed by atoms with van der Waals surface area (Å²) in [7, 11) is 5.70. The van der Waals surface area contributed by atoms with Gasteiger partial charge in [-0.25, -0.2) is 0 Å². The lowest BCUT2D eigenvalue weighted by molar-refractivity contribution is 0.320. The molecule has 0 aliphatic rings.